The summed E-state index contributed by atoms with van der Waals surface area (Å²) in [4.78, 5) is 12.0. The van der Waals surface area contributed by atoms with E-state index in [-0.39, 0.29) is 5.91 Å². The summed E-state index contributed by atoms with van der Waals surface area (Å²) in [7, 11) is 1.62. The molecule has 0 aliphatic carbocycles. The molecular weight excluding hydrogens is 318 g/mol. The zero-order valence-corrected chi connectivity index (χ0v) is 13.0. The van der Waals surface area contributed by atoms with Crippen LogP contribution in [0.15, 0.2) is 46.9 Å². The lowest BCUT2D eigenvalue weighted by Gasteiger charge is -2.09. The topological polar surface area (TPSA) is 38.3 Å². The highest BCUT2D eigenvalue weighted by Crippen LogP contribution is 2.20. The first-order chi connectivity index (χ1) is 9.58. The molecule has 0 saturated carbocycles. The van der Waals surface area contributed by atoms with Crippen LogP contribution in [-0.2, 0) is 11.2 Å². The summed E-state index contributed by atoms with van der Waals surface area (Å²) in [5, 5.41) is 2.92. The van der Waals surface area contributed by atoms with Gasteiger partial charge in [-0.3, -0.25) is 4.79 Å². The molecule has 0 aromatic heterocycles. The Morgan fingerprint density at radius 2 is 1.90 bits per heavy atom. The molecule has 104 valence electrons. The van der Waals surface area contributed by atoms with Crippen molar-refractivity contribution in [1.82, 2.24) is 0 Å². The second-order valence-electron chi connectivity index (χ2n) is 4.53. The maximum atomic E-state index is 12.0. The number of halogens is 1. The molecule has 1 N–H and O–H groups in total. The van der Waals surface area contributed by atoms with Crippen LogP contribution in [0.5, 0.6) is 5.75 Å². The van der Waals surface area contributed by atoms with E-state index in [0.717, 1.165) is 27.0 Å². The van der Waals surface area contributed by atoms with Crippen LogP contribution in [0.25, 0.3) is 0 Å². The minimum Gasteiger partial charge on any atom is -0.497 e. The fourth-order valence-corrected chi connectivity index (χ4v) is 2.37. The van der Waals surface area contributed by atoms with Gasteiger partial charge in [0.2, 0.25) is 5.91 Å². The van der Waals surface area contributed by atoms with E-state index in [1.54, 1.807) is 7.11 Å². The number of benzene rings is 2. The molecule has 2 rings (SSSR count). The Kier molecular flexibility index (Phi) is 4.79. The van der Waals surface area contributed by atoms with E-state index >= 15 is 0 Å². The maximum absolute atomic E-state index is 12.0. The van der Waals surface area contributed by atoms with E-state index < -0.39 is 0 Å². The number of rotatable bonds is 4. The predicted octanol–water partition coefficient (Wildman–Crippen LogP) is 3.95. The van der Waals surface area contributed by atoms with Gasteiger partial charge in [0.1, 0.15) is 5.75 Å². The number of ether oxygens (including phenoxy) is 1. The van der Waals surface area contributed by atoms with Crippen molar-refractivity contribution in [3.8, 4) is 5.75 Å². The fraction of sp³-hybridized carbons (Fsp3) is 0.188. The molecule has 0 fully saturated rings. The third-order valence-corrected chi connectivity index (χ3v) is 3.48. The molecule has 0 atom stereocenters. The average molecular weight is 334 g/mol. The van der Waals surface area contributed by atoms with Crippen LogP contribution in [0.3, 0.4) is 0 Å². The van der Waals surface area contributed by atoms with Gasteiger partial charge in [0, 0.05) is 10.2 Å². The summed E-state index contributed by atoms with van der Waals surface area (Å²) in [5.41, 5.74) is 2.83. The molecule has 2 aromatic carbocycles. The van der Waals surface area contributed by atoms with Crippen molar-refractivity contribution in [3.63, 3.8) is 0 Å². The highest BCUT2D eigenvalue weighted by atomic mass is 79.9. The van der Waals surface area contributed by atoms with Crippen molar-refractivity contribution in [3.05, 3.63) is 58.1 Å². The number of anilines is 1. The van der Waals surface area contributed by atoms with Crippen LogP contribution < -0.4 is 10.1 Å². The van der Waals surface area contributed by atoms with Crippen LogP contribution in [0.1, 0.15) is 11.1 Å². The molecule has 20 heavy (non-hydrogen) atoms. The molecule has 0 aliphatic heterocycles. The van der Waals surface area contributed by atoms with E-state index in [1.807, 2.05) is 49.4 Å². The largest absolute Gasteiger partial charge is 0.497 e. The fourth-order valence-electron chi connectivity index (χ4n) is 1.89. The predicted molar refractivity (Wildman–Crippen MR) is 84.2 cm³/mol. The Morgan fingerprint density at radius 1 is 1.20 bits per heavy atom. The molecule has 1 amide bonds. The van der Waals surface area contributed by atoms with E-state index in [4.69, 9.17) is 4.74 Å². The summed E-state index contributed by atoms with van der Waals surface area (Å²) in [6, 6.07) is 13.3. The summed E-state index contributed by atoms with van der Waals surface area (Å²) in [6.07, 6.45) is 0.347. The van der Waals surface area contributed by atoms with Gasteiger partial charge < -0.3 is 10.1 Å². The number of methoxy groups -OCH3 is 1. The Labute approximate surface area is 127 Å². The lowest BCUT2D eigenvalue weighted by Crippen LogP contribution is -2.15. The van der Waals surface area contributed by atoms with Gasteiger partial charge in [-0.15, -0.1) is 0 Å². The molecule has 0 saturated heterocycles. The van der Waals surface area contributed by atoms with Gasteiger partial charge in [-0.05, 0) is 48.4 Å². The first-order valence-corrected chi connectivity index (χ1v) is 7.06. The van der Waals surface area contributed by atoms with Gasteiger partial charge >= 0.3 is 0 Å². The lowest BCUT2D eigenvalue weighted by molar-refractivity contribution is -0.115. The molecule has 0 aliphatic rings. The minimum atomic E-state index is -0.0272. The number of aryl methyl sites for hydroxylation is 1. The Morgan fingerprint density at radius 3 is 2.50 bits per heavy atom. The van der Waals surface area contributed by atoms with Crippen molar-refractivity contribution in [2.75, 3.05) is 12.4 Å². The molecule has 0 unspecified atom stereocenters. The third kappa shape index (κ3) is 3.84. The highest BCUT2D eigenvalue weighted by molar-refractivity contribution is 9.10. The molecule has 2 aromatic rings. The van der Waals surface area contributed by atoms with Crippen molar-refractivity contribution < 1.29 is 9.53 Å². The van der Waals surface area contributed by atoms with Crippen LogP contribution in [0.2, 0.25) is 0 Å². The van der Waals surface area contributed by atoms with E-state index in [9.17, 15) is 4.79 Å². The van der Waals surface area contributed by atoms with Crippen LogP contribution in [-0.4, -0.2) is 13.0 Å². The standard InChI is InChI=1S/C16H16BrNO2/c1-11-9-13(17)5-8-15(11)18-16(19)10-12-3-6-14(20-2)7-4-12/h3-9H,10H2,1-2H3,(H,18,19). The average Bonchev–Trinajstić information content (AvgIpc) is 2.43. The third-order valence-electron chi connectivity index (χ3n) is 2.99. The number of nitrogens with one attached hydrogen (secondary N) is 1. The molecule has 0 radical (unpaired) electrons. The van der Waals surface area contributed by atoms with Gasteiger partial charge in [-0.25, -0.2) is 0 Å². The van der Waals surface area contributed by atoms with Crippen LogP contribution in [0.4, 0.5) is 5.69 Å². The normalized spacial score (nSPS) is 10.2. The van der Waals surface area contributed by atoms with Gasteiger partial charge in [-0.1, -0.05) is 28.1 Å². The number of carbonyl (C=O) groups is 1. The van der Waals surface area contributed by atoms with Crippen LogP contribution in [0, 0.1) is 6.92 Å². The van der Waals surface area contributed by atoms with Crippen molar-refractivity contribution in [1.29, 1.82) is 0 Å². The van der Waals surface area contributed by atoms with Crippen molar-refractivity contribution in [2.45, 2.75) is 13.3 Å². The maximum Gasteiger partial charge on any atom is 0.228 e. The first kappa shape index (κ1) is 14.6. The minimum absolute atomic E-state index is 0.0272. The molecule has 3 nitrogen and oxygen atoms in total. The number of hydrogen-bond donors (Lipinski definition) is 1. The second-order valence-corrected chi connectivity index (χ2v) is 5.45. The monoisotopic (exact) mass is 333 g/mol. The number of hydrogen-bond acceptors (Lipinski definition) is 2. The quantitative estimate of drug-likeness (QED) is 0.919. The Hall–Kier alpha value is -1.81. The van der Waals surface area contributed by atoms with E-state index in [2.05, 4.69) is 21.2 Å². The highest BCUT2D eigenvalue weighted by Gasteiger charge is 2.06. The molecule has 0 spiro atoms. The van der Waals surface area contributed by atoms with Crippen LogP contribution >= 0.6 is 15.9 Å². The second kappa shape index (κ2) is 6.57. The van der Waals surface area contributed by atoms with Gasteiger partial charge in [0.05, 0.1) is 13.5 Å². The SMILES string of the molecule is COc1ccc(CC(=O)Nc2ccc(Br)cc2C)cc1. The van der Waals surface area contributed by atoms with Gasteiger partial charge in [-0.2, -0.15) is 0 Å². The molecule has 0 bridgehead atoms. The molecule has 4 heteroatoms. The Balaban J connectivity index is 2.01. The summed E-state index contributed by atoms with van der Waals surface area (Å²) < 4.78 is 6.09. The molecule has 0 heterocycles. The Bertz CT molecular complexity index is 608. The van der Waals surface area contributed by atoms with Gasteiger partial charge in [0.15, 0.2) is 0 Å². The summed E-state index contributed by atoms with van der Waals surface area (Å²) in [6.45, 7) is 1.97. The smallest absolute Gasteiger partial charge is 0.228 e. The lowest BCUT2D eigenvalue weighted by atomic mass is 10.1. The molecular formula is C16H16BrNO2. The zero-order chi connectivity index (χ0) is 14.5. The number of amides is 1. The first-order valence-electron chi connectivity index (χ1n) is 6.27. The summed E-state index contributed by atoms with van der Waals surface area (Å²) >= 11 is 3.41. The zero-order valence-electron chi connectivity index (χ0n) is 11.4. The van der Waals surface area contributed by atoms with Crippen molar-refractivity contribution >= 4 is 27.5 Å². The van der Waals surface area contributed by atoms with E-state index in [0.29, 0.717) is 6.42 Å². The number of carbonyl (C=O) groups excluding carboxylic acids is 1. The summed E-state index contributed by atoms with van der Waals surface area (Å²) in [5.74, 6) is 0.763. The van der Waals surface area contributed by atoms with Crippen molar-refractivity contribution in [2.24, 2.45) is 0 Å². The van der Waals surface area contributed by atoms with E-state index in [1.165, 1.54) is 0 Å². The van der Waals surface area contributed by atoms with Gasteiger partial charge in [0.25, 0.3) is 0 Å².